The summed E-state index contributed by atoms with van der Waals surface area (Å²) in [5.74, 6) is 0.498. The van der Waals surface area contributed by atoms with Crippen LogP contribution in [0.2, 0.25) is 0 Å². The SMILES string of the molecule is Cc1csc(Sc2ccc(C(=O)N3CCC(CCN4CCOCC4)CC3)cc2[N+](=O)[O-])n1. The van der Waals surface area contributed by atoms with Gasteiger partial charge in [-0.25, -0.2) is 4.98 Å². The molecule has 2 aliphatic rings. The molecule has 2 saturated heterocycles. The number of carbonyl (C=O) groups excluding carboxylic acids is 1. The number of aryl methyl sites for hydroxylation is 1. The number of rotatable bonds is 7. The summed E-state index contributed by atoms with van der Waals surface area (Å²) in [5, 5.41) is 13.6. The predicted octanol–water partition coefficient (Wildman–Crippen LogP) is 4.09. The molecule has 172 valence electrons. The van der Waals surface area contributed by atoms with E-state index in [2.05, 4.69) is 9.88 Å². The zero-order chi connectivity index (χ0) is 22.5. The summed E-state index contributed by atoms with van der Waals surface area (Å²) in [6.07, 6.45) is 3.11. The monoisotopic (exact) mass is 476 g/mol. The van der Waals surface area contributed by atoms with Gasteiger partial charge in [-0.2, -0.15) is 0 Å². The van der Waals surface area contributed by atoms with E-state index in [0.29, 0.717) is 29.5 Å². The average Bonchev–Trinajstić information content (AvgIpc) is 3.23. The van der Waals surface area contributed by atoms with Crippen LogP contribution in [0.4, 0.5) is 5.69 Å². The highest BCUT2D eigenvalue weighted by Gasteiger charge is 2.26. The Morgan fingerprint density at radius 1 is 1.28 bits per heavy atom. The fourth-order valence-corrected chi connectivity index (χ4v) is 6.03. The fourth-order valence-electron chi connectivity index (χ4n) is 4.15. The van der Waals surface area contributed by atoms with Crippen molar-refractivity contribution in [3.63, 3.8) is 0 Å². The molecule has 1 aromatic heterocycles. The molecule has 0 aliphatic carbocycles. The number of aromatic nitrogens is 1. The van der Waals surface area contributed by atoms with Gasteiger partial charge in [-0.15, -0.1) is 11.3 Å². The van der Waals surface area contributed by atoms with Gasteiger partial charge in [-0.05, 0) is 50.8 Å². The number of nitrogens with zero attached hydrogens (tertiary/aromatic N) is 4. The van der Waals surface area contributed by atoms with Gasteiger partial charge >= 0.3 is 0 Å². The van der Waals surface area contributed by atoms with Gasteiger partial charge in [0.05, 0.1) is 23.0 Å². The van der Waals surface area contributed by atoms with Gasteiger partial charge in [-0.1, -0.05) is 11.8 Å². The van der Waals surface area contributed by atoms with Gasteiger partial charge < -0.3 is 9.64 Å². The zero-order valence-electron chi connectivity index (χ0n) is 18.2. The van der Waals surface area contributed by atoms with Gasteiger partial charge in [0.25, 0.3) is 11.6 Å². The zero-order valence-corrected chi connectivity index (χ0v) is 19.8. The number of benzene rings is 1. The first-order valence-corrected chi connectivity index (χ1v) is 12.7. The predicted molar refractivity (Wildman–Crippen MR) is 125 cm³/mol. The first-order chi connectivity index (χ1) is 15.5. The minimum atomic E-state index is -0.419. The van der Waals surface area contributed by atoms with Gasteiger partial charge in [0, 0.05) is 48.9 Å². The van der Waals surface area contributed by atoms with Gasteiger partial charge in [0.1, 0.15) is 0 Å². The maximum atomic E-state index is 13.0. The molecule has 10 heteroatoms. The molecule has 4 rings (SSSR count). The molecule has 2 aromatic rings. The van der Waals surface area contributed by atoms with Crippen LogP contribution in [0.5, 0.6) is 0 Å². The summed E-state index contributed by atoms with van der Waals surface area (Å²) in [6.45, 7) is 8.04. The molecule has 3 heterocycles. The molecular weight excluding hydrogens is 448 g/mol. The molecule has 8 nitrogen and oxygen atoms in total. The van der Waals surface area contributed by atoms with E-state index in [1.165, 1.54) is 29.2 Å². The number of amides is 1. The molecule has 1 amide bonds. The number of piperidine rings is 1. The molecule has 0 unspecified atom stereocenters. The van der Waals surface area contributed by atoms with E-state index in [1.54, 1.807) is 12.1 Å². The van der Waals surface area contributed by atoms with Crippen molar-refractivity contribution in [3.8, 4) is 0 Å². The van der Waals surface area contributed by atoms with E-state index >= 15 is 0 Å². The van der Waals surface area contributed by atoms with Crippen LogP contribution in [0.15, 0.2) is 32.8 Å². The van der Waals surface area contributed by atoms with Crippen LogP contribution in [-0.2, 0) is 4.74 Å². The van der Waals surface area contributed by atoms with Crippen LogP contribution < -0.4 is 0 Å². The number of thiazole rings is 1. The van der Waals surface area contributed by atoms with E-state index in [0.717, 1.165) is 62.1 Å². The number of likely N-dealkylation sites (tertiary alicyclic amines) is 1. The Kier molecular flexibility index (Phi) is 7.77. The number of ether oxygens (including phenoxy) is 1. The number of hydrogen-bond donors (Lipinski definition) is 0. The molecule has 0 radical (unpaired) electrons. The number of nitro benzene ring substituents is 1. The van der Waals surface area contributed by atoms with Crippen LogP contribution in [0.1, 0.15) is 35.3 Å². The van der Waals surface area contributed by atoms with Crippen molar-refractivity contribution in [1.29, 1.82) is 0 Å². The van der Waals surface area contributed by atoms with Crippen LogP contribution >= 0.6 is 23.1 Å². The molecule has 2 fully saturated rings. The molecular formula is C22H28N4O4S2. The fraction of sp³-hybridized carbons (Fsp3) is 0.545. The summed E-state index contributed by atoms with van der Waals surface area (Å²) >= 11 is 2.72. The van der Waals surface area contributed by atoms with E-state index in [-0.39, 0.29) is 11.6 Å². The van der Waals surface area contributed by atoms with E-state index in [4.69, 9.17) is 4.74 Å². The normalized spacial score (nSPS) is 18.1. The first kappa shape index (κ1) is 23.2. The highest BCUT2D eigenvalue weighted by Crippen LogP contribution is 2.37. The largest absolute Gasteiger partial charge is 0.379 e. The highest BCUT2D eigenvalue weighted by atomic mass is 32.2. The van der Waals surface area contributed by atoms with Crippen molar-refractivity contribution in [2.24, 2.45) is 5.92 Å². The van der Waals surface area contributed by atoms with Crippen molar-refractivity contribution < 1.29 is 14.5 Å². The van der Waals surface area contributed by atoms with Gasteiger partial charge in [0.15, 0.2) is 4.34 Å². The van der Waals surface area contributed by atoms with Crippen LogP contribution in [0.3, 0.4) is 0 Å². The smallest absolute Gasteiger partial charge is 0.284 e. The highest BCUT2D eigenvalue weighted by molar-refractivity contribution is 8.01. The van der Waals surface area contributed by atoms with Crippen LogP contribution in [0.25, 0.3) is 0 Å². The second-order valence-electron chi connectivity index (χ2n) is 8.27. The van der Waals surface area contributed by atoms with Crippen molar-refractivity contribution in [2.45, 2.75) is 35.4 Å². The Hall–Kier alpha value is -2.01. The number of hydrogen-bond acceptors (Lipinski definition) is 8. The molecule has 0 atom stereocenters. The molecule has 2 aliphatic heterocycles. The third-order valence-electron chi connectivity index (χ3n) is 6.06. The molecule has 0 spiro atoms. The Morgan fingerprint density at radius 2 is 2.03 bits per heavy atom. The van der Waals surface area contributed by atoms with Crippen LogP contribution in [0, 0.1) is 23.0 Å². The molecule has 1 aromatic carbocycles. The second-order valence-corrected chi connectivity index (χ2v) is 10.4. The van der Waals surface area contributed by atoms with E-state index in [9.17, 15) is 14.9 Å². The summed E-state index contributed by atoms with van der Waals surface area (Å²) in [5.41, 5.74) is 1.22. The topological polar surface area (TPSA) is 88.8 Å². The van der Waals surface area contributed by atoms with Gasteiger partial charge in [-0.3, -0.25) is 19.8 Å². The Balaban J connectivity index is 1.34. The lowest BCUT2D eigenvalue weighted by molar-refractivity contribution is -0.387. The van der Waals surface area contributed by atoms with Crippen LogP contribution in [-0.4, -0.2) is 71.6 Å². The standard InChI is InChI=1S/C22H28N4O4S2/c1-16-15-31-22(23-16)32-20-3-2-18(14-19(20)26(28)29)21(27)25-8-5-17(6-9-25)4-7-24-10-12-30-13-11-24/h2-3,14-15,17H,4-13H2,1H3. The molecule has 0 bridgehead atoms. The Bertz CT molecular complexity index is 953. The summed E-state index contributed by atoms with van der Waals surface area (Å²) in [6, 6.07) is 4.78. The average molecular weight is 477 g/mol. The quantitative estimate of drug-likeness (QED) is 0.439. The minimum Gasteiger partial charge on any atom is -0.379 e. The van der Waals surface area contributed by atoms with Crippen molar-refractivity contribution >= 4 is 34.7 Å². The first-order valence-electron chi connectivity index (χ1n) is 11.0. The molecule has 0 saturated carbocycles. The third kappa shape index (κ3) is 5.86. The summed E-state index contributed by atoms with van der Waals surface area (Å²) < 4.78 is 6.16. The van der Waals surface area contributed by atoms with Gasteiger partial charge in [0.2, 0.25) is 0 Å². The summed E-state index contributed by atoms with van der Waals surface area (Å²) in [7, 11) is 0. The van der Waals surface area contributed by atoms with E-state index in [1.807, 2.05) is 17.2 Å². The minimum absolute atomic E-state index is 0.0471. The Labute approximate surface area is 196 Å². The van der Waals surface area contributed by atoms with E-state index < -0.39 is 4.92 Å². The number of nitro groups is 1. The maximum absolute atomic E-state index is 13.0. The Morgan fingerprint density at radius 3 is 2.69 bits per heavy atom. The summed E-state index contributed by atoms with van der Waals surface area (Å²) in [4.78, 5) is 33.4. The lowest BCUT2D eigenvalue weighted by Gasteiger charge is -2.34. The molecule has 32 heavy (non-hydrogen) atoms. The van der Waals surface area contributed by atoms with Crippen molar-refractivity contribution in [3.05, 3.63) is 45.0 Å². The number of carbonyl (C=O) groups is 1. The molecule has 0 N–H and O–H groups in total. The lowest BCUT2D eigenvalue weighted by Crippen LogP contribution is -2.40. The second kappa shape index (κ2) is 10.7. The van der Waals surface area contributed by atoms with Crippen molar-refractivity contribution in [2.75, 3.05) is 45.9 Å². The third-order valence-corrected chi connectivity index (χ3v) is 8.18. The van der Waals surface area contributed by atoms with Crippen molar-refractivity contribution in [1.82, 2.24) is 14.8 Å². The maximum Gasteiger partial charge on any atom is 0.284 e. The number of morpholine rings is 1. The lowest BCUT2D eigenvalue weighted by atomic mass is 9.93.